The van der Waals surface area contributed by atoms with Gasteiger partial charge in [-0.1, -0.05) is 28.1 Å². The van der Waals surface area contributed by atoms with Crippen molar-refractivity contribution in [2.24, 2.45) is 0 Å². The molecule has 0 spiro atoms. The van der Waals surface area contributed by atoms with Crippen LogP contribution in [-0.2, 0) is 11.3 Å². The lowest BCUT2D eigenvalue weighted by Gasteiger charge is -2.19. The van der Waals surface area contributed by atoms with Gasteiger partial charge in [-0.2, -0.15) is 0 Å². The first-order valence-electron chi connectivity index (χ1n) is 6.90. The van der Waals surface area contributed by atoms with Crippen LogP contribution in [0.1, 0.15) is 18.7 Å². The number of carboxylic acids is 1. The monoisotopic (exact) mass is 349 g/mol. The molecule has 0 aliphatic carbocycles. The van der Waals surface area contributed by atoms with Gasteiger partial charge in [0.05, 0.1) is 18.4 Å². The molecule has 6 heteroatoms. The van der Waals surface area contributed by atoms with Gasteiger partial charge >= 0.3 is 5.97 Å². The molecule has 0 amide bonds. The summed E-state index contributed by atoms with van der Waals surface area (Å²) in [6, 6.07) is 7.60. The Hall–Kier alpha value is -1.66. The molecule has 1 saturated heterocycles. The number of aromatic nitrogens is 2. The molecule has 1 aromatic carbocycles. The molecule has 2 heterocycles. The number of aliphatic carboxylic acids is 1. The van der Waals surface area contributed by atoms with Crippen LogP contribution in [0.25, 0.3) is 11.3 Å². The van der Waals surface area contributed by atoms with Gasteiger partial charge in [-0.15, -0.1) is 0 Å². The van der Waals surface area contributed by atoms with Crippen molar-refractivity contribution in [3.8, 4) is 11.3 Å². The smallest absolute Gasteiger partial charge is 0.320 e. The molecule has 3 rings (SSSR count). The lowest BCUT2D eigenvalue weighted by atomic mass is 10.2. The van der Waals surface area contributed by atoms with Gasteiger partial charge in [0, 0.05) is 10.0 Å². The maximum Gasteiger partial charge on any atom is 0.320 e. The van der Waals surface area contributed by atoms with Crippen LogP contribution >= 0.6 is 15.9 Å². The second-order valence-corrected chi connectivity index (χ2v) is 6.14. The van der Waals surface area contributed by atoms with E-state index in [9.17, 15) is 9.90 Å². The van der Waals surface area contributed by atoms with Gasteiger partial charge in [-0.05, 0) is 31.5 Å². The normalized spacial score (nSPS) is 19.0. The van der Waals surface area contributed by atoms with Gasteiger partial charge in [0.15, 0.2) is 0 Å². The zero-order valence-corrected chi connectivity index (χ0v) is 13.0. The average molecular weight is 350 g/mol. The third-order valence-electron chi connectivity index (χ3n) is 3.77. The SMILES string of the molecule is O=C(O)C1CCCN1Cc1ncc(-c2cccc(Br)c2)[nH]1. The molecule has 1 unspecified atom stereocenters. The van der Waals surface area contributed by atoms with Gasteiger partial charge in [0.1, 0.15) is 11.9 Å². The lowest BCUT2D eigenvalue weighted by Crippen LogP contribution is -2.35. The number of halogens is 1. The quantitative estimate of drug-likeness (QED) is 0.890. The Balaban J connectivity index is 1.75. The van der Waals surface area contributed by atoms with Crippen LogP contribution in [0, 0.1) is 0 Å². The lowest BCUT2D eigenvalue weighted by molar-refractivity contribution is -0.142. The highest BCUT2D eigenvalue weighted by atomic mass is 79.9. The van der Waals surface area contributed by atoms with E-state index < -0.39 is 5.97 Å². The van der Waals surface area contributed by atoms with E-state index >= 15 is 0 Å². The first-order valence-corrected chi connectivity index (χ1v) is 7.69. The fraction of sp³-hybridized carbons (Fsp3) is 0.333. The summed E-state index contributed by atoms with van der Waals surface area (Å²) in [5.41, 5.74) is 2.00. The van der Waals surface area contributed by atoms with E-state index in [0.717, 1.165) is 34.5 Å². The van der Waals surface area contributed by atoms with Crippen molar-refractivity contribution in [2.45, 2.75) is 25.4 Å². The van der Waals surface area contributed by atoms with E-state index in [1.807, 2.05) is 29.2 Å². The summed E-state index contributed by atoms with van der Waals surface area (Å²) in [4.78, 5) is 20.8. The number of nitrogens with one attached hydrogen (secondary N) is 1. The molecule has 110 valence electrons. The zero-order valence-electron chi connectivity index (χ0n) is 11.4. The van der Waals surface area contributed by atoms with E-state index in [0.29, 0.717) is 13.0 Å². The molecule has 21 heavy (non-hydrogen) atoms. The number of carboxylic acid groups (broad SMARTS) is 1. The average Bonchev–Trinajstić information content (AvgIpc) is 3.08. The predicted molar refractivity (Wildman–Crippen MR) is 82.8 cm³/mol. The molecule has 1 atom stereocenters. The number of likely N-dealkylation sites (tertiary alicyclic amines) is 1. The number of imidazole rings is 1. The second kappa shape index (κ2) is 5.99. The highest BCUT2D eigenvalue weighted by Crippen LogP contribution is 2.23. The van der Waals surface area contributed by atoms with Crippen molar-refractivity contribution in [3.05, 3.63) is 40.8 Å². The molecule has 1 fully saturated rings. The third kappa shape index (κ3) is 3.16. The number of carbonyl (C=O) groups is 1. The Morgan fingerprint density at radius 1 is 1.52 bits per heavy atom. The summed E-state index contributed by atoms with van der Waals surface area (Å²) in [6.45, 7) is 1.36. The Kier molecular flexibility index (Phi) is 4.07. The number of hydrogen-bond donors (Lipinski definition) is 2. The van der Waals surface area contributed by atoms with Crippen molar-refractivity contribution < 1.29 is 9.90 Å². The van der Waals surface area contributed by atoms with Crippen molar-refractivity contribution >= 4 is 21.9 Å². The molecule has 0 radical (unpaired) electrons. The molecule has 1 aromatic heterocycles. The Labute approximate surface area is 131 Å². The van der Waals surface area contributed by atoms with Gasteiger partial charge in [-0.3, -0.25) is 9.69 Å². The summed E-state index contributed by atoms with van der Waals surface area (Å²) >= 11 is 3.45. The van der Waals surface area contributed by atoms with E-state index in [1.54, 1.807) is 6.20 Å². The first kappa shape index (κ1) is 14.3. The molecule has 2 N–H and O–H groups in total. The van der Waals surface area contributed by atoms with Gasteiger partial charge in [0.2, 0.25) is 0 Å². The van der Waals surface area contributed by atoms with Gasteiger partial charge in [0.25, 0.3) is 0 Å². The minimum atomic E-state index is -0.744. The Bertz CT molecular complexity index is 656. The van der Waals surface area contributed by atoms with E-state index in [4.69, 9.17) is 0 Å². The largest absolute Gasteiger partial charge is 0.480 e. The molecular formula is C15H16BrN3O2. The number of aromatic amines is 1. The van der Waals surface area contributed by atoms with Crippen LogP contribution in [-0.4, -0.2) is 38.5 Å². The van der Waals surface area contributed by atoms with Crippen LogP contribution in [0.4, 0.5) is 0 Å². The summed E-state index contributed by atoms with van der Waals surface area (Å²) in [7, 11) is 0. The van der Waals surface area contributed by atoms with Gasteiger partial charge in [-0.25, -0.2) is 4.98 Å². The third-order valence-corrected chi connectivity index (χ3v) is 4.26. The maximum absolute atomic E-state index is 11.2. The van der Waals surface area contributed by atoms with E-state index in [1.165, 1.54) is 0 Å². The van der Waals surface area contributed by atoms with Crippen LogP contribution in [0.15, 0.2) is 34.9 Å². The molecule has 0 bridgehead atoms. The molecule has 0 saturated carbocycles. The summed E-state index contributed by atoms with van der Waals surface area (Å²) in [5.74, 6) is 0.0596. The standard InChI is InChI=1S/C15H16BrN3O2/c16-11-4-1-3-10(7-11)12-8-17-14(18-12)9-19-6-2-5-13(19)15(20)21/h1,3-4,7-8,13H,2,5-6,9H2,(H,17,18)(H,20,21). The predicted octanol–water partition coefficient (Wildman–Crippen LogP) is 2.89. The Morgan fingerprint density at radius 3 is 3.14 bits per heavy atom. The highest BCUT2D eigenvalue weighted by Gasteiger charge is 2.30. The number of rotatable bonds is 4. The molecule has 1 aliphatic heterocycles. The second-order valence-electron chi connectivity index (χ2n) is 5.22. The van der Waals surface area contributed by atoms with Crippen LogP contribution in [0.2, 0.25) is 0 Å². The number of hydrogen-bond acceptors (Lipinski definition) is 3. The number of H-pyrrole nitrogens is 1. The fourth-order valence-electron chi connectivity index (χ4n) is 2.73. The molecule has 5 nitrogen and oxygen atoms in total. The van der Waals surface area contributed by atoms with E-state index in [-0.39, 0.29) is 6.04 Å². The van der Waals surface area contributed by atoms with E-state index in [2.05, 4.69) is 25.9 Å². The summed E-state index contributed by atoms with van der Waals surface area (Å²) in [5, 5.41) is 9.20. The molecular weight excluding hydrogens is 334 g/mol. The summed E-state index contributed by atoms with van der Waals surface area (Å²) in [6.07, 6.45) is 3.44. The van der Waals surface area contributed by atoms with Crippen molar-refractivity contribution in [1.82, 2.24) is 14.9 Å². The zero-order chi connectivity index (χ0) is 14.8. The minimum absolute atomic E-state index is 0.385. The topological polar surface area (TPSA) is 69.2 Å². The van der Waals surface area contributed by atoms with Crippen LogP contribution in [0.5, 0.6) is 0 Å². The first-order chi connectivity index (χ1) is 10.1. The molecule has 1 aliphatic rings. The number of nitrogens with zero attached hydrogens (tertiary/aromatic N) is 2. The van der Waals surface area contributed by atoms with Crippen molar-refractivity contribution in [1.29, 1.82) is 0 Å². The van der Waals surface area contributed by atoms with Crippen molar-refractivity contribution in [3.63, 3.8) is 0 Å². The summed E-state index contributed by atoms with van der Waals surface area (Å²) < 4.78 is 1.02. The van der Waals surface area contributed by atoms with Crippen molar-refractivity contribution in [2.75, 3.05) is 6.54 Å². The number of benzene rings is 1. The van der Waals surface area contributed by atoms with Crippen LogP contribution < -0.4 is 0 Å². The van der Waals surface area contributed by atoms with Gasteiger partial charge < -0.3 is 10.1 Å². The van der Waals surface area contributed by atoms with Crippen LogP contribution in [0.3, 0.4) is 0 Å². The minimum Gasteiger partial charge on any atom is -0.480 e. The Morgan fingerprint density at radius 2 is 2.38 bits per heavy atom. The fourth-order valence-corrected chi connectivity index (χ4v) is 3.13. The highest BCUT2D eigenvalue weighted by molar-refractivity contribution is 9.10. The molecule has 2 aromatic rings. The maximum atomic E-state index is 11.2.